The number of ether oxygens (including phenoxy) is 2. The van der Waals surface area contributed by atoms with E-state index in [0.717, 1.165) is 60.7 Å². The smallest absolute Gasteiger partial charge is 0.256 e. The highest BCUT2D eigenvalue weighted by molar-refractivity contribution is 6.06. The average molecular weight is 370 g/mol. The summed E-state index contributed by atoms with van der Waals surface area (Å²) in [7, 11) is 1.65. The molecule has 4 nitrogen and oxygen atoms in total. The number of carbonyl (C=O) groups is 1. The third kappa shape index (κ3) is 4.27. The summed E-state index contributed by atoms with van der Waals surface area (Å²) < 4.78 is 11.7. The van der Waals surface area contributed by atoms with Crippen molar-refractivity contribution in [3.63, 3.8) is 0 Å². The lowest BCUT2D eigenvalue weighted by atomic mass is 9.78. The van der Waals surface area contributed by atoms with Crippen molar-refractivity contribution < 1.29 is 14.3 Å². The SMILES string of the molecule is CCCCOc1ccc(NC(=O)[C@@]2(OC)CCC[C@@H](C)C2)c2ccccc12. The molecule has 0 spiro atoms. The lowest BCUT2D eigenvalue weighted by Crippen LogP contribution is -2.47. The topological polar surface area (TPSA) is 47.6 Å². The molecule has 2 aromatic carbocycles. The van der Waals surface area contributed by atoms with Crippen LogP contribution >= 0.6 is 0 Å². The summed E-state index contributed by atoms with van der Waals surface area (Å²) in [5.74, 6) is 1.32. The summed E-state index contributed by atoms with van der Waals surface area (Å²) in [4.78, 5) is 13.1. The number of rotatable bonds is 7. The number of amides is 1. The fourth-order valence-electron chi connectivity index (χ4n) is 4.06. The van der Waals surface area contributed by atoms with E-state index in [1.54, 1.807) is 7.11 Å². The molecular formula is C23H31NO3. The van der Waals surface area contributed by atoms with E-state index in [4.69, 9.17) is 9.47 Å². The van der Waals surface area contributed by atoms with Gasteiger partial charge in [-0.2, -0.15) is 0 Å². The van der Waals surface area contributed by atoms with Crippen molar-refractivity contribution in [1.29, 1.82) is 0 Å². The number of methoxy groups -OCH3 is 1. The van der Waals surface area contributed by atoms with Crippen LogP contribution in [-0.2, 0) is 9.53 Å². The highest BCUT2D eigenvalue weighted by Gasteiger charge is 2.42. The first kappa shape index (κ1) is 19.7. The third-order valence-electron chi connectivity index (χ3n) is 5.65. The molecule has 0 unspecified atom stereocenters. The molecule has 0 saturated heterocycles. The largest absolute Gasteiger partial charge is 0.493 e. The Labute approximate surface area is 162 Å². The Kier molecular flexibility index (Phi) is 6.38. The van der Waals surface area contributed by atoms with Gasteiger partial charge in [-0.15, -0.1) is 0 Å². The normalized spacial score (nSPS) is 22.6. The second kappa shape index (κ2) is 8.75. The molecule has 0 aliphatic heterocycles. The predicted molar refractivity (Wildman–Crippen MR) is 110 cm³/mol. The molecule has 0 radical (unpaired) electrons. The molecule has 1 saturated carbocycles. The van der Waals surface area contributed by atoms with Gasteiger partial charge < -0.3 is 14.8 Å². The van der Waals surface area contributed by atoms with E-state index in [-0.39, 0.29) is 5.91 Å². The van der Waals surface area contributed by atoms with Crippen molar-refractivity contribution in [1.82, 2.24) is 0 Å². The Hall–Kier alpha value is -2.07. The van der Waals surface area contributed by atoms with Crippen molar-refractivity contribution in [3.05, 3.63) is 36.4 Å². The molecule has 0 bridgehead atoms. The molecule has 1 amide bonds. The van der Waals surface area contributed by atoms with E-state index in [0.29, 0.717) is 12.5 Å². The van der Waals surface area contributed by atoms with Gasteiger partial charge in [0.1, 0.15) is 11.4 Å². The van der Waals surface area contributed by atoms with Crippen LogP contribution in [0.25, 0.3) is 10.8 Å². The van der Waals surface area contributed by atoms with E-state index < -0.39 is 5.60 Å². The van der Waals surface area contributed by atoms with Crippen LogP contribution in [0.15, 0.2) is 36.4 Å². The molecule has 3 rings (SSSR count). The van der Waals surface area contributed by atoms with Crippen molar-refractivity contribution in [3.8, 4) is 5.75 Å². The number of benzene rings is 2. The van der Waals surface area contributed by atoms with Gasteiger partial charge in [-0.05, 0) is 43.7 Å². The first-order chi connectivity index (χ1) is 13.1. The van der Waals surface area contributed by atoms with E-state index in [1.807, 2.05) is 36.4 Å². The second-order valence-corrected chi connectivity index (χ2v) is 7.71. The first-order valence-corrected chi connectivity index (χ1v) is 10.1. The molecule has 1 fully saturated rings. The van der Waals surface area contributed by atoms with Gasteiger partial charge in [-0.1, -0.05) is 51.0 Å². The van der Waals surface area contributed by atoms with Crippen LogP contribution in [0.1, 0.15) is 52.4 Å². The maximum Gasteiger partial charge on any atom is 0.256 e. The minimum atomic E-state index is -0.727. The minimum absolute atomic E-state index is 0.0404. The van der Waals surface area contributed by atoms with Crippen LogP contribution in [-0.4, -0.2) is 25.2 Å². The number of hydrogen-bond donors (Lipinski definition) is 1. The van der Waals surface area contributed by atoms with Crippen LogP contribution in [0, 0.1) is 5.92 Å². The van der Waals surface area contributed by atoms with Crippen molar-refractivity contribution in [2.24, 2.45) is 5.92 Å². The van der Waals surface area contributed by atoms with Gasteiger partial charge in [0.2, 0.25) is 0 Å². The molecule has 27 heavy (non-hydrogen) atoms. The maximum atomic E-state index is 13.1. The zero-order valence-electron chi connectivity index (χ0n) is 16.7. The lowest BCUT2D eigenvalue weighted by Gasteiger charge is -2.37. The van der Waals surface area contributed by atoms with Crippen LogP contribution in [0.5, 0.6) is 5.75 Å². The Morgan fingerprint density at radius 2 is 2.00 bits per heavy atom. The molecule has 1 aliphatic carbocycles. The Bertz CT molecular complexity index is 788. The average Bonchev–Trinajstić information content (AvgIpc) is 2.69. The van der Waals surface area contributed by atoms with E-state index >= 15 is 0 Å². The zero-order chi connectivity index (χ0) is 19.3. The molecule has 0 heterocycles. The van der Waals surface area contributed by atoms with Gasteiger partial charge >= 0.3 is 0 Å². The van der Waals surface area contributed by atoms with Gasteiger partial charge in [-0.3, -0.25) is 4.79 Å². The standard InChI is InChI=1S/C23H31NO3/c1-4-5-15-27-21-13-12-20(18-10-6-7-11-19(18)21)24-22(25)23(26-3)14-8-9-17(2)16-23/h6-7,10-13,17H,4-5,8-9,14-16H2,1-3H3,(H,24,25)/t17-,23-/m1/s1. The molecular weight excluding hydrogens is 338 g/mol. The molecule has 2 aromatic rings. The number of fused-ring (bicyclic) bond motifs is 1. The first-order valence-electron chi connectivity index (χ1n) is 10.1. The minimum Gasteiger partial charge on any atom is -0.493 e. The van der Waals surface area contributed by atoms with Crippen molar-refractivity contribution in [2.45, 2.75) is 58.0 Å². The number of nitrogens with one attached hydrogen (secondary N) is 1. The van der Waals surface area contributed by atoms with Gasteiger partial charge in [0.15, 0.2) is 0 Å². The molecule has 4 heteroatoms. The number of carbonyl (C=O) groups excluding carboxylic acids is 1. The van der Waals surface area contributed by atoms with Gasteiger partial charge in [0.05, 0.1) is 6.61 Å². The van der Waals surface area contributed by atoms with Crippen molar-refractivity contribution in [2.75, 3.05) is 19.0 Å². The van der Waals surface area contributed by atoms with Crippen LogP contribution < -0.4 is 10.1 Å². The quantitative estimate of drug-likeness (QED) is 0.651. The zero-order valence-corrected chi connectivity index (χ0v) is 16.7. The van der Waals surface area contributed by atoms with E-state index in [1.165, 1.54) is 0 Å². The van der Waals surface area contributed by atoms with Crippen LogP contribution in [0.2, 0.25) is 0 Å². The van der Waals surface area contributed by atoms with E-state index in [2.05, 4.69) is 19.2 Å². The Morgan fingerprint density at radius 3 is 2.70 bits per heavy atom. The lowest BCUT2D eigenvalue weighted by molar-refractivity contribution is -0.143. The number of anilines is 1. The maximum absolute atomic E-state index is 13.1. The number of unbranched alkanes of at least 4 members (excludes halogenated alkanes) is 1. The summed E-state index contributed by atoms with van der Waals surface area (Å²) in [5, 5.41) is 5.16. The summed E-state index contributed by atoms with van der Waals surface area (Å²) in [5.41, 5.74) is 0.0859. The highest BCUT2D eigenvalue weighted by Crippen LogP contribution is 2.37. The van der Waals surface area contributed by atoms with Gasteiger partial charge in [0.25, 0.3) is 5.91 Å². The molecule has 1 N–H and O–H groups in total. The second-order valence-electron chi connectivity index (χ2n) is 7.71. The van der Waals surface area contributed by atoms with Crippen molar-refractivity contribution >= 4 is 22.4 Å². The van der Waals surface area contributed by atoms with Crippen LogP contribution in [0.4, 0.5) is 5.69 Å². The van der Waals surface area contributed by atoms with E-state index in [9.17, 15) is 4.79 Å². The molecule has 0 aromatic heterocycles. The summed E-state index contributed by atoms with van der Waals surface area (Å²) in [6, 6.07) is 12.0. The third-order valence-corrected chi connectivity index (χ3v) is 5.65. The van der Waals surface area contributed by atoms with Gasteiger partial charge in [0, 0.05) is 23.6 Å². The predicted octanol–water partition coefficient (Wildman–Crippen LogP) is 5.55. The monoisotopic (exact) mass is 369 g/mol. The summed E-state index contributed by atoms with van der Waals surface area (Å²) in [6.45, 7) is 5.05. The molecule has 2 atom stereocenters. The Morgan fingerprint density at radius 1 is 1.22 bits per heavy atom. The fraction of sp³-hybridized carbons (Fsp3) is 0.522. The molecule has 1 aliphatic rings. The summed E-state index contributed by atoms with van der Waals surface area (Å²) >= 11 is 0. The highest BCUT2D eigenvalue weighted by atomic mass is 16.5. The van der Waals surface area contributed by atoms with Crippen LogP contribution in [0.3, 0.4) is 0 Å². The fourth-order valence-corrected chi connectivity index (χ4v) is 4.06. The molecule has 146 valence electrons. The Balaban J connectivity index is 1.86. The summed E-state index contributed by atoms with van der Waals surface area (Å²) in [6.07, 6.45) is 5.85. The number of hydrogen-bond acceptors (Lipinski definition) is 3. The van der Waals surface area contributed by atoms with Gasteiger partial charge in [-0.25, -0.2) is 0 Å².